The first-order chi connectivity index (χ1) is 11.6. The van der Waals surface area contributed by atoms with Crippen LogP contribution >= 0.6 is 11.8 Å². The predicted molar refractivity (Wildman–Crippen MR) is 104 cm³/mol. The Kier molecular flexibility index (Phi) is 5.33. The van der Waals surface area contributed by atoms with Crippen molar-refractivity contribution in [2.24, 2.45) is 4.99 Å². The maximum Gasteiger partial charge on any atom is 0.193 e. The molecule has 0 amide bonds. The second-order valence-corrected chi connectivity index (χ2v) is 8.59. The van der Waals surface area contributed by atoms with Gasteiger partial charge in [0.15, 0.2) is 5.96 Å². The van der Waals surface area contributed by atoms with E-state index >= 15 is 0 Å². The lowest BCUT2D eigenvalue weighted by Crippen LogP contribution is -2.51. The van der Waals surface area contributed by atoms with Crippen molar-refractivity contribution in [3.05, 3.63) is 30.6 Å². The Morgan fingerprint density at radius 1 is 1.38 bits per heavy atom. The van der Waals surface area contributed by atoms with Gasteiger partial charge >= 0.3 is 0 Å². The molecular formula is C18H27N5S. The topological polar surface area (TPSA) is 45.5 Å². The zero-order valence-corrected chi connectivity index (χ0v) is 15.6. The standard InChI is InChI=1S/C18H27N5S/c1-18(2)13-22(11-12-24-18)17(19-3)20-9-6-10-23-14-21-15-7-4-5-8-16(15)23/h4-5,7-8,14H,6,9-13H2,1-3H3,(H,19,20). The van der Waals surface area contributed by atoms with E-state index < -0.39 is 0 Å². The quantitative estimate of drug-likeness (QED) is 0.526. The van der Waals surface area contributed by atoms with Gasteiger partial charge in [-0.05, 0) is 32.4 Å². The van der Waals surface area contributed by atoms with Crippen molar-refractivity contribution in [2.75, 3.05) is 32.4 Å². The highest BCUT2D eigenvalue weighted by Gasteiger charge is 2.28. The fourth-order valence-corrected chi connectivity index (χ4v) is 4.28. The molecule has 1 aliphatic rings. The van der Waals surface area contributed by atoms with Crippen molar-refractivity contribution in [2.45, 2.75) is 31.6 Å². The van der Waals surface area contributed by atoms with Crippen molar-refractivity contribution in [1.82, 2.24) is 19.8 Å². The first kappa shape index (κ1) is 17.1. The number of aryl methyl sites for hydroxylation is 1. The summed E-state index contributed by atoms with van der Waals surface area (Å²) in [6, 6.07) is 8.28. The minimum Gasteiger partial charge on any atom is -0.356 e. The van der Waals surface area contributed by atoms with Gasteiger partial charge in [0.05, 0.1) is 17.4 Å². The molecule has 0 aliphatic carbocycles. The molecule has 1 saturated heterocycles. The molecule has 1 fully saturated rings. The maximum absolute atomic E-state index is 4.46. The number of fused-ring (bicyclic) bond motifs is 1. The van der Waals surface area contributed by atoms with E-state index in [2.05, 4.69) is 56.8 Å². The summed E-state index contributed by atoms with van der Waals surface area (Å²) in [6.45, 7) is 8.61. The van der Waals surface area contributed by atoms with Gasteiger partial charge in [-0.3, -0.25) is 4.99 Å². The number of imidazole rings is 1. The fourth-order valence-electron chi connectivity index (χ4n) is 3.17. The molecule has 1 aromatic heterocycles. The van der Waals surface area contributed by atoms with Gasteiger partial charge in [-0.25, -0.2) is 4.98 Å². The molecule has 0 spiro atoms. The molecule has 0 saturated carbocycles. The third-order valence-corrected chi connectivity index (χ3v) is 5.62. The lowest BCUT2D eigenvalue weighted by Gasteiger charge is -2.39. The maximum atomic E-state index is 4.46. The van der Waals surface area contributed by atoms with E-state index in [1.54, 1.807) is 0 Å². The number of para-hydroxylation sites is 2. The number of hydrogen-bond acceptors (Lipinski definition) is 3. The molecule has 1 N–H and O–H groups in total. The van der Waals surface area contributed by atoms with E-state index in [-0.39, 0.29) is 0 Å². The summed E-state index contributed by atoms with van der Waals surface area (Å²) in [5, 5.41) is 3.52. The van der Waals surface area contributed by atoms with Gasteiger partial charge in [0.25, 0.3) is 0 Å². The highest BCUT2D eigenvalue weighted by Crippen LogP contribution is 2.29. The van der Waals surface area contributed by atoms with E-state index in [0.717, 1.165) is 49.8 Å². The molecule has 1 aromatic carbocycles. The van der Waals surface area contributed by atoms with Gasteiger partial charge in [-0.1, -0.05) is 12.1 Å². The van der Waals surface area contributed by atoms with Crippen LogP contribution in [0.25, 0.3) is 11.0 Å². The number of nitrogens with one attached hydrogen (secondary N) is 1. The number of rotatable bonds is 4. The van der Waals surface area contributed by atoms with E-state index in [1.807, 2.05) is 31.2 Å². The minimum atomic E-state index is 0.297. The van der Waals surface area contributed by atoms with Crippen LogP contribution in [0, 0.1) is 0 Å². The minimum absolute atomic E-state index is 0.297. The van der Waals surface area contributed by atoms with Gasteiger partial charge in [-0.15, -0.1) is 0 Å². The molecule has 0 radical (unpaired) electrons. The Labute approximate surface area is 148 Å². The van der Waals surface area contributed by atoms with Gasteiger partial charge in [0, 0.05) is 43.7 Å². The van der Waals surface area contributed by atoms with Crippen LogP contribution < -0.4 is 5.32 Å². The van der Waals surface area contributed by atoms with Crippen LogP contribution in [-0.2, 0) is 6.54 Å². The highest BCUT2D eigenvalue weighted by atomic mass is 32.2. The van der Waals surface area contributed by atoms with Gasteiger partial charge < -0.3 is 14.8 Å². The molecule has 1 aliphatic heterocycles. The largest absolute Gasteiger partial charge is 0.356 e. The number of guanidine groups is 1. The van der Waals surface area contributed by atoms with Crippen LogP contribution in [0.4, 0.5) is 0 Å². The molecule has 0 atom stereocenters. The molecule has 3 rings (SSSR count). The Morgan fingerprint density at radius 2 is 2.21 bits per heavy atom. The number of hydrogen-bond donors (Lipinski definition) is 1. The summed E-state index contributed by atoms with van der Waals surface area (Å²) in [7, 11) is 1.88. The summed E-state index contributed by atoms with van der Waals surface area (Å²) in [4.78, 5) is 11.3. The van der Waals surface area contributed by atoms with E-state index in [9.17, 15) is 0 Å². The SMILES string of the molecule is CN=C(NCCCn1cnc2ccccc21)N1CCSC(C)(C)C1. The Bertz CT molecular complexity index is 706. The lowest BCUT2D eigenvalue weighted by molar-refractivity contribution is 0.375. The normalized spacial score (nSPS) is 18.1. The van der Waals surface area contributed by atoms with Crippen molar-refractivity contribution in [1.29, 1.82) is 0 Å². The summed E-state index contributed by atoms with van der Waals surface area (Å²) < 4.78 is 2.52. The number of thioether (sulfide) groups is 1. The Balaban J connectivity index is 1.50. The molecule has 0 unspecified atom stereocenters. The summed E-state index contributed by atoms with van der Waals surface area (Å²) >= 11 is 2.04. The van der Waals surface area contributed by atoms with Crippen molar-refractivity contribution in [3.63, 3.8) is 0 Å². The van der Waals surface area contributed by atoms with Crippen molar-refractivity contribution < 1.29 is 0 Å². The van der Waals surface area contributed by atoms with Gasteiger partial charge in [-0.2, -0.15) is 11.8 Å². The molecule has 5 nitrogen and oxygen atoms in total. The summed E-state index contributed by atoms with van der Waals surface area (Å²) in [6.07, 6.45) is 2.98. The second kappa shape index (κ2) is 7.47. The summed E-state index contributed by atoms with van der Waals surface area (Å²) in [5.41, 5.74) is 2.27. The third kappa shape index (κ3) is 4.04. The first-order valence-corrected chi connectivity index (χ1v) is 9.57. The average Bonchev–Trinajstić information content (AvgIpc) is 2.97. The number of benzene rings is 1. The van der Waals surface area contributed by atoms with Crippen LogP contribution in [0.15, 0.2) is 35.6 Å². The van der Waals surface area contributed by atoms with Gasteiger partial charge in [0.2, 0.25) is 0 Å². The molecule has 6 heteroatoms. The monoisotopic (exact) mass is 345 g/mol. The molecule has 0 bridgehead atoms. The molecule has 130 valence electrons. The summed E-state index contributed by atoms with van der Waals surface area (Å²) in [5.74, 6) is 2.19. The number of aromatic nitrogens is 2. The average molecular weight is 346 g/mol. The number of nitrogens with zero attached hydrogens (tertiary/aromatic N) is 4. The van der Waals surface area contributed by atoms with Crippen molar-refractivity contribution in [3.8, 4) is 0 Å². The molecule has 2 heterocycles. The zero-order valence-electron chi connectivity index (χ0n) is 14.8. The Hall–Kier alpha value is -1.69. The van der Waals surface area contributed by atoms with Crippen LogP contribution in [0.3, 0.4) is 0 Å². The second-order valence-electron chi connectivity index (χ2n) is 6.78. The molecule has 24 heavy (non-hydrogen) atoms. The number of aliphatic imine (C=N–C) groups is 1. The smallest absolute Gasteiger partial charge is 0.193 e. The van der Waals surface area contributed by atoms with Crippen LogP contribution in [0.1, 0.15) is 20.3 Å². The van der Waals surface area contributed by atoms with Crippen LogP contribution in [0.2, 0.25) is 0 Å². The van der Waals surface area contributed by atoms with Crippen LogP contribution in [-0.4, -0.2) is 57.6 Å². The van der Waals surface area contributed by atoms with Gasteiger partial charge in [0.1, 0.15) is 0 Å². The van der Waals surface area contributed by atoms with E-state index in [4.69, 9.17) is 0 Å². The van der Waals surface area contributed by atoms with E-state index in [1.165, 1.54) is 5.52 Å². The third-order valence-electron chi connectivity index (χ3n) is 4.32. The van der Waals surface area contributed by atoms with Crippen LogP contribution in [0.5, 0.6) is 0 Å². The lowest BCUT2D eigenvalue weighted by atomic mass is 10.2. The predicted octanol–water partition coefficient (Wildman–Crippen LogP) is 2.83. The Morgan fingerprint density at radius 3 is 3.00 bits per heavy atom. The first-order valence-electron chi connectivity index (χ1n) is 8.58. The fraction of sp³-hybridized carbons (Fsp3) is 0.556. The van der Waals surface area contributed by atoms with E-state index in [0.29, 0.717) is 4.75 Å². The highest BCUT2D eigenvalue weighted by molar-refractivity contribution is 8.00. The zero-order chi connectivity index (χ0) is 17.0. The van der Waals surface area contributed by atoms with Crippen molar-refractivity contribution >= 4 is 28.8 Å². The molecular weight excluding hydrogens is 318 g/mol. The molecule has 2 aromatic rings.